The lowest BCUT2D eigenvalue weighted by molar-refractivity contribution is 0.102. The molecule has 3 aromatic rings. The molecule has 4 nitrogen and oxygen atoms in total. The first-order chi connectivity index (χ1) is 12.0. The standard InChI is InChI=1S/C20H20ClN3O/c1-13-8-7-9-14(2)18(13)22-20(25)17-15(3)23-24(19(17)21)12-16-10-5-4-6-11-16/h4-11H,12H2,1-3H3,(H,22,25). The molecule has 0 fully saturated rings. The molecule has 0 saturated carbocycles. The summed E-state index contributed by atoms with van der Waals surface area (Å²) in [4.78, 5) is 12.8. The normalized spacial score (nSPS) is 10.7. The molecular formula is C20H20ClN3O. The van der Waals surface area contributed by atoms with Gasteiger partial charge in [-0.3, -0.25) is 4.79 Å². The van der Waals surface area contributed by atoms with Crippen molar-refractivity contribution in [2.45, 2.75) is 27.3 Å². The second-order valence-electron chi connectivity index (χ2n) is 6.12. The predicted octanol–water partition coefficient (Wildman–Crippen LogP) is 4.76. The van der Waals surface area contributed by atoms with E-state index >= 15 is 0 Å². The number of rotatable bonds is 4. The summed E-state index contributed by atoms with van der Waals surface area (Å²) in [5.41, 5.74) is 4.95. The molecule has 128 valence electrons. The molecular weight excluding hydrogens is 334 g/mol. The monoisotopic (exact) mass is 353 g/mol. The highest BCUT2D eigenvalue weighted by molar-refractivity contribution is 6.33. The Hall–Kier alpha value is -2.59. The number of amides is 1. The highest BCUT2D eigenvalue weighted by Crippen LogP contribution is 2.25. The zero-order valence-electron chi connectivity index (χ0n) is 14.5. The summed E-state index contributed by atoms with van der Waals surface area (Å²) >= 11 is 6.46. The maximum atomic E-state index is 12.8. The molecule has 3 rings (SSSR count). The SMILES string of the molecule is Cc1cccc(C)c1NC(=O)c1c(C)nn(Cc2ccccc2)c1Cl. The molecule has 1 amide bonds. The van der Waals surface area contributed by atoms with Crippen LogP contribution >= 0.6 is 11.6 Å². The van der Waals surface area contributed by atoms with Crippen LogP contribution in [0, 0.1) is 20.8 Å². The average Bonchev–Trinajstić information content (AvgIpc) is 2.86. The molecule has 0 unspecified atom stereocenters. The number of aryl methyl sites for hydroxylation is 3. The quantitative estimate of drug-likeness (QED) is 0.734. The summed E-state index contributed by atoms with van der Waals surface area (Å²) in [7, 11) is 0. The minimum absolute atomic E-state index is 0.237. The Morgan fingerprint density at radius 1 is 1.04 bits per heavy atom. The number of aromatic nitrogens is 2. The summed E-state index contributed by atoms with van der Waals surface area (Å²) in [5, 5.41) is 7.77. The van der Waals surface area contributed by atoms with Crippen LogP contribution in [0.4, 0.5) is 5.69 Å². The minimum Gasteiger partial charge on any atom is -0.321 e. The van der Waals surface area contributed by atoms with Crippen LogP contribution in [-0.4, -0.2) is 15.7 Å². The molecule has 5 heteroatoms. The molecule has 2 aromatic carbocycles. The fraction of sp³-hybridized carbons (Fsp3) is 0.200. The molecule has 0 saturated heterocycles. The molecule has 1 N–H and O–H groups in total. The number of hydrogen-bond acceptors (Lipinski definition) is 2. The topological polar surface area (TPSA) is 46.9 Å². The third-order valence-corrected chi connectivity index (χ3v) is 4.57. The van der Waals surface area contributed by atoms with E-state index in [2.05, 4.69) is 10.4 Å². The number of benzene rings is 2. The predicted molar refractivity (Wildman–Crippen MR) is 101 cm³/mol. The smallest absolute Gasteiger partial charge is 0.260 e. The van der Waals surface area contributed by atoms with E-state index in [1.807, 2.05) is 62.4 Å². The zero-order chi connectivity index (χ0) is 18.0. The number of halogens is 1. The van der Waals surface area contributed by atoms with Gasteiger partial charge < -0.3 is 5.32 Å². The van der Waals surface area contributed by atoms with Crippen molar-refractivity contribution in [1.82, 2.24) is 9.78 Å². The number of nitrogens with one attached hydrogen (secondary N) is 1. The summed E-state index contributed by atoms with van der Waals surface area (Å²) in [5.74, 6) is -0.237. The summed E-state index contributed by atoms with van der Waals surface area (Å²) in [6.45, 7) is 6.26. The molecule has 1 aromatic heterocycles. The molecule has 0 bridgehead atoms. The van der Waals surface area contributed by atoms with E-state index in [1.54, 1.807) is 11.6 Å². The van der Waals surface area contributed by atoms with E-state index in [-0.39, 0.29) is 5.91 Å². The van der Waals surface area contributed by atoms with Crippen LogP contribution in [0.15, 0.2) is 48.5 Å². The first-order valence-corrected chi connectivity index (χ1v) is 8.49. The van der Waals surface area contributed by atoms with Gasteiger partial charge in [0.25, 0.3) is 5.91 Å². The molecule has 0 radical (unpaired) electrons. The summed E-state index contributed by atoms with van der Waals surface area (Å²) in [6, 6.07) is 15.8. The highest BCUT2D eigenvalue weighted by atomic mass is 35.5. The van der Waals surface area contributed by atoms with Crippen molar-refractivity contribution in [3.05, 3.63) is 81.6 Å². The van der Waals surface area contributed by atoms with Gasteiger partial charge in [-0.05, 0) is 37.5 Å². The fourth-order valence-corrected chi connectivity index (χ4v) is 3.18. The molecule has 0 aliphatic rings. The van der Waals surface area contributed by atoms with Gasteiger partial charge in [-0.1, -0.05) is 60.1 Å². The van der Waals surface area contributed by atoms with E-state index in [1.165, 1.54) is 0 Å². The Balaban J connectivity index is 1.89. The number of hydrogen-bond donors (Lipinski definition) is 1. The van der Waals surface area contributed by atoms with Gasteiger partial charge in [0.05, 0.1) is 17.8 Å². The minimum atomic E-state index is -0.237. The zero-order valence-corrected chi connectivity index (χ0v) is 15.3. The van der Waals surface area contributed by atoms with Crippen molar-refractivity contribution >= 4 is 23.2 Å². The number of para-hydroxylation sites is 1. The number of carbonyl (C=O) groups excluding carboxylic acids is 1. The second-order valence-corrected chi connectivity index (χ2v) is 6.47. The third-order valence-electron chi connectivity index (χ3n) is 4.19. The lowest BCUT2D eigenvalue weighted by Gasteiger charge is -2.11. The molecule has 0 spiro atoms. The van der Waals surface area contributed by atoms with Gasteiger partial charge in [0.2, 0.25) is 0 Å². The van der Waals surface area contributed by atoms with Crippen molar-refractivity contribution in [2.24, 2.45) is 0 Å². The van der Waals surface area contributed by atoms with Crippen molar-refractivity contribution in [2.75, 3.05) is 5.32 Å². The maximum Gasteiger partial charge on any atom is 0.260 e. The van der Waals surface area contributed by atoms with Gasteiger partial charge in [-0.25, -0.2) is 4.68 Å². The van der Waals surface area contributed by atoms with E-state index in [4.69, 9.17) is 11.6 Å². The largest absolute Gasteiger partial charge is 0.321 e. The van der Waals surface area contributed by atoms with Gasteiger partial charge >= 0.3 is 0 Å². The van der Waals surface area contributed by atoms with Crippen LogP contribution in [0.2, 0.25) is 5.15 Å². The molecule has 0 aliphatic heterocycles. The van der Waals surface area contributed by atoms with Gasteiger partial charge in [0, 0.05) is 5.69 Å². The lowest BCUT2D eigenvalue weighted by Crippen LogP contribution is -2.15. The van der Waals surface area contributed by atoms with Crippen molar-refractivity contribution in [3.63, 3.8) is 0 Å². The Kier molecular flexibility index (Phi) is 4.91. The van der Waals surface area contributed by atoms with E-state index < -0.39 is 0 Å². The molecule has 0 aliphatic carbocycles. The van der Waals surface area contributed by atoms with Gasteiger partial charge in [0.1, 0.15) is 5.15 Å². The number of nitrogens with zero attached hydrogens (tertiary/aromatic N) is 2. The molecule has 25 heavy (non-hydrogen) atoms. The molecule has 0 atom stereocenters. The molecule has 1 heterocycles. The van der Waals surface area contributed by atoms with Crippen LogP contribution in [0.25, 0.3) is 0 Å². The van der Waals surface area contributed by atoms with Crippen LogP contribution in [0.1, 0.15) is 32.7 Å². The van der Waals surface area contributed by atoms with Gasteiger partial charge in [-0.15, -0.1) is 0 Å². The van der Waals surface area contributed by atoms with Crippen molar-refractivity contribution in [1.29, 1.82) is 0 Å². The number of anilines is 1. The lowest BCUT2D eigenvalue weighted by atomic mass is 10.1. The van der Waals surface area contributed by atoms with E-state index in [0.717, 1.165) is 22.4 Å². The van der Waals surface area contributed by atoms with Gasteiger partial charge in [0.15, 0.2) is 0 Å². The van der Waals surface area contributed by atoms with Crippen molar-refractivity contribution < 1.29 is 4.79 Å². The van der Waals surface area contributed by atoms with Crippen LogP contribution in [-0.2, 0) is 6.54 Å². The Bertz CT molecular complexity index is 896. The van der Waals surface area contributed by atoms with Crippen LogP contribution < -0.4 is 5.32 Å². The highest BCUT2D eigenvalue weighted by Gasteiger charge is 2.21. The summed E-state index contributed by atoms with van der Waals surface area (Å²) in [6.07, 6.45) is 0. The van der Waals surface area contributed by atoms with E-state index in [9.17, 15) is 4.79 Å². The average molecular weight is 354 g/mol. The van der Waals surface area contributed by atoms with Crippen LogP contribution in [0.5, 0.6) is 0 Å². The second kappa shape index (κ2) is 7.11. The first-order valence-electron chi connectivity index (χ1n) is 8.11. The van der Waals surface area contributed by atoms with Crippen molar-refractivity contribution in [3.8, 4) is 0 Å². The van der Waals surface area contributed by atoms with Crippen LogP contribution in [0.3, 0.4) is 0 Å². The number of carbonyl (C=O) groups is 1. The third kappa shape index (κ3) is 3.59. The first kappa shape index (κ1) is 17.2. The Morgan fingerprint density at radius 3 is 2.32 bits per heavy atom. The fourth-order valence-electron chi connectivity index (χ4n) is 2.86. The van der Waals surface area contributed by atoms with E-state index in [0.29, 0.717) is 23.0 Å². The van der Waals surface area contributed by atoms with Gasteiger partial charge in [-0.2, -0.15) is 5.10 Å². The summed E-state index contributed by atoms with van der Waals surface area (Å²) < 4.78 is 1.66. The Labute approximate surface area is 152 Å². The maximum absolute atomic E-state index is 12.8. The Morgan fingerprint density at radius 2 is 1.68 bits per heavy atom.